The Morgan fingerprint density at radius 2 is 1.76 bits per heavy atom. The van der Waals surface area contributed by atoms with Gasteiger partial charge < -0.3 is 14.8 Å². The number of fused-ring (bicyclic) bond motifs is 3. The molecule has 1 saturated heterocycles. The molecule has 4 aromatic rings. The van der Waals surface area contributed by atoms with Crippen LogP contribution in [0.2, 0.25) is 0 Å². The van der Waals surface area contributed by atoms with Crippen LogP contribution >= 0.6 is 11.3 Å². The van der Waals surface area contributed by atoms with Crippen molar-refractivity contribution in [2.75, 3.05) is 26.2 Å². The number of carbonyl (C=O) groups is 1. The number of amides is 1. The Labute approximate surface area is 197 Å². The number of nitrogens with one attached hydrogen (secondary N) is 1. The Kier molecular flexibility index (Phi) is 6.29. The van der Waals surface area contributed by atoms with Crippen LogP contribution in [0, 0.1) is 5.92 Å². The second-order valence-corrected chi connectivity index (χ2v) is 10.0. The second-order valence-electron chi connectivity index (χ2n) is 8.97. The molecule has 1 amide bonds. The first-order valence-electron chi connectivity index (χ1n) is 11.7. The molecule has 3 heterocycles. The summed E-state index contributed by atoms with van der Waals surface area (Å²) < 4.78 is 2.55. The van der Waals surface area contributed by atoms with Gasteiger partial charge in [0.25, 0.3) is 11.5 Å². The van der Waals surface area contributed by atoms with Gasteiger partial charge in [-0.25, -0.2) is 0 Å². The van der Waals surface area contributed by atoms with Crippen molar-refractivity contribution in [2.45, 2.75) is 19.3 Å². The summed E-state index contributed by atoms with van der Waals surface area (Å²) >= 11 is 1.41. The molecule has 0 saturated carbocycles. The van der Waals surface area contributed by atoms with Gasteiger partial charge in [0, 0.05) is 30.2 Å². The zero-order chi connectivity index (χ0) is 22.8. The second kappa shape index (κ2) is 9.49. The van der Waals surface area contributed by atoms with Crippen LogP contribution in [-0.4, -0.2) is 41.6 Å². The van der Waals surface area contributed by atoms with Gasteiger partial charge in [-0.15, -0.1) is 11.3 Å². The third kappa shape index (κ3) is 4.59. The third-order valence-corrected chi connectivity index (χ3v) is 7.96. The van der Waals surface area contributed by atoms with Crippen LogP contribution in [0.3, 0.4) is 0 Å². The maximum Gasteiger partial charge on any atom is 0.261 e. The van der Waals surface area contributed by atoms with Crippen molar-refractivity contribution < 1.29 is 4.79 Å². The number of benzene rings is 2. The van der Waals surface area contributed by atoms with Crippen molar-refractivity contribution in [1.82, 2.24) is 14.8 Å². The fourth-order valence-electron chi connectivity index (χ4n) is 4.89. The van der Waals surface area contributed by atoms with Gasteiger partial charge in [-0.05, 0) is 56.0 Å². The average Bonchev–Trinajstić information content (AvgIpc) is 3.30. The molecule has 5 rings (SSSR count). The number of rotatable bonds is 6. The van der Waals surface area contributed by atoms with Crippen LogP contribution in [0.15, 0.2) is 65.5 Å². The number of aromatic nitrogens is 1. The predicted molar refractivity (Wildman–Crippen MR) is 136 cm³/mol. The molecule has 6 heteroatoms. The SMILES string of the molecule is Cn1c(=O)c2cc(C(=O)NCCN3CCC(Cc4ccccc4)CC3)sc2c2ccccc21. The molecule has 0 radical (unpaired) electrons. The molecular formula is C27H29N3O2S. The van der Waals surface area contributed by atoms with Crippen molar-refractivity contribution in [1.29, 1.82) is 0 Å². The summed E-state index contributed by atoms with van der Waals surface area (Å²) in [7, 11) is 1.78. The van der Waals surface area contributed by atoms with E-state index < -0.39 is 0 Å². The average molecular weight is 460 g/mol. The molecule has 0 unspecified atom stereocenters. The number of piperidine rings is 1. The normalized spacial score (nSPS) is 15.3. The van der Waals surface area contributed by atoms with E-state index in [-0.39, 0.29) is 11.5 Å². The molecule has 1 aliphatic rings. The van der Waals surface area contributed by atoms with Crippen LogP contribution in [0.5, 0.6) is 0 Å². The summed E-state index contributed by atoms with van der Waals surface area (Å²) in [4.78, 5) is 28.6. The topological polar surface area (TPSA) is 54.3 Å². The van der Waals surface area contributed by atoms with Crippen molar-refractivity contribution in [3.8, 4) is 0 Å². The standard InChI is InChI=1S/C27H29N3O2S/c1-29-23-10-6-5-9-21(23)25-22(27(29)32)18-24(33-25)26(31)28-13-16-30-14-11-20(12-15-30)17-19-7-3-2-4-8-19/h2-10,18,20H,11-17H2,1H3,(H,28,31). The number of carbonyl (C=O) groups excluding carboxylic acids is 1. The number of para-hydroxylation sites is 1. The van der Waals surface area contributed by atoms with Gasteiger partial charge in [-0.1, -0.05) is 48.5 Å². The van der Waals surface area contributed by atoms with E-state index in [4.69, 9.17) is 0 Å². The summed E-state index contributed by atoms with van der Waals surface area (Å²) in [5.41, 5.74) is 2.26. The van der Waals surface area contributed by atoms with E-state index in [1.807, 2.05) is 24.3 Å². The van der Waals surface area contributed by atoms with Crippen LogP contribution in [-0.2, 0) is 13.5 Å². The Morgan fingerprint density at radius 1 is 1.03 bits per heavy atom. The number of thiophene rings is 1. The Morgan fingerprint density at radius 3 is 2.55 bits per heavy atom. The summed E-state index contributed by atoms with van der Waals surface area (Å²) in [6.07, 6.45) is 3.57. The highest BCUT2D eigenvalue weighted by Gasteiger charge is 2.20. The number of hydrogen-bond donors (Lipinski definition) is 1. The lowest BCUT2D eigenvalue weighted by Crippen LogP contribution is -2.39. The Hall–Kier alpha value is -2.96. The molecule has 1 fully saturated rings. The van der Waals surface area contributed by atoms with Crippen LogP contribution in [0.4, 0.5) is 0 Å². The Bertz CT molecular complexity index is 1330. The van der Waals surface area contributed by atoms with E-state index in [1.165, 1.54) is 29.7 Å². The van der Waals surface area contributed by atoms with Crippen LogP contribution < -0.4 is 10.9 Å². The van der Waals surface area contributed by atoms with Crippen molar-refractivity contribution in [3.05, 3.63) is 81.5 Å². The number of aryl methyl sites for hydroxylation is 1. The number of likely N-dealkylation sites (tertiary alicyclic amines) is 1. The molecular weight excluding hydrogens is 430 g/mol. The largest absolute Gasteiger partial charge is 0.350 e. The minimum Gasteiger partial charge on any atom is -0.350 e. The first-order chi connectivity index (χ1) is 16.1. The zero-order valence-corrected chi connectivity index (χ0v) is 19.7. The van der Waals surface area contributed by atoms with E-state index in [0.717, 1.165) is 47.6 Å². The zero-order valence-electron chi connectivity index (χ0n) is 18.9. The van der Waals surface area contributed by atoms with Crippen molar-refractivity contribution >= 4 is 38.2 Å². The molecule has 5 nitrogen and oxygen atoms in total. The first kappa shape index (κ1) is 21.9. The molecule has 0 bridgehead atoms. The number of pyridine rings is 1. The molecule has 2 aromatic carbocycles. The van der Waals surface area contributed by atoms with E-state index in [0.29, 0.717) is 16.8 Å². The molecule has 170 valence electrons. The molecule has 0 atom stereocenters. The van der Waals surface area contributed by atoms with Crippen molar-refractivity contribution in [3.63, 3.8) is 0 Å². The lowest BCUT2D eigenvalue weighted by Gasteiger charge is -2.32. The molecule has 33 heavy (non-hydrogen) atoms. The van der Waals surface area contributed by atoms with Gasteiger partial charge >= 0.3 is 0 Å². The minimum absolute atomic E-state index is 0.0580. The van der Waals surface area contributed by atoms with Crippen LogP contribution in [0.25, 0.3) is 21.0 Å². The Balaban J connectivity index is 1.17. The molecule has 1 N–H and O–H groups in total. The van der Waals surface area contributed by atoms with E-state index >= 15 is 0 Å². The van der Waals surface area contributed by atoms with E-state index in [2.05, 4.69) is 40.5 Å². The third-order valence-electron chi connectivity index (χ3n) is 6.79. The summed E-state index contributed by atoms with van der Waals surface area (Å²) in [6.45, 7) is 3.64. The van der Waals surface area contributed by atoms with Crippen LogP contribution in [0.1, 0.15) is 28.1 Å². The summed E-state index contributed by atoms with van der Waals surface area (Å²) in [5.74, 6) is 0.649. The van der Waals surface area contributed by atoms with E-state index in [1.54, 1.807) is 17.7 Å². The number of nitrogens with zero attached hydrogens (tertiary/aromatic N) is 2. The highest BCUT2D eigenvalue weighted by molar-refractivity contribution is 7.21. The monoisotopic (exact) mass is 459 g/mol. The lowest BCUT2D eigenvalue weighted by molar-refractivity contribution is 0.0948. The van der Waals surface area contributed by atoms with Gasteiger partial charge in [-0.2, -0.15) is 0 Å². The van der Waals surface area contributed by atoms with Gasteiger partial charge in [-0.3, -0.25) is 9.59 Å². The first-order valence-corrected chi connectivity index (χ1v) is 12.5. The van der Waals surface area contributed by atoms with Gasteiger partial charge in [0.05, 0.1) is 15.8 Å². The van der Waals surface area contributed by atoms with E-state index in [9.17, 15) is 9.59 Å². The highest BCUT2D eigenvalue weighted by Crippen LogP contribution is 2.30. The minimum atomic E-state index is -0.0960. The molecule has 2 aromatic heterocycles. The smallest absolute Gasteiger partial charge is 0.261 e. The quantitative estimate of drug-likeness (QED) is 0.464. The highest BCUT2D eigenvalue weighted by atomic mass is 32.1. The fourth-order valence-corrected chi connectivity index (χ4v) is 5.99. The lowest BCUT2D eigenvalue weighted by atomic mass is 9.90. The van der Waals surface area contributed by atoms with Crippen molar-refractivity contribution in [2.24, 2.45) is 13.0 Å². The summed E-state index contributed by atoms with van der Waals surface area (Å²) in [5, 5.41) is 4.69. The summed E-state index contributed by atoms with van der Waals surface area (Å²) in [6, 6.07) is 20.3. The van der Waals surface area contributed by atoms with Gasteiger partial charge in [0.2, 0.25) is 0 Å². The van der Waals surface area contributed by atoms with Gasteiger partial charge in [0.1, 0.15) is 0 Å². The molecule has 0 spiro atoms. The fraction of sp³-hybridized carbons (Fsp3) is 0.333. The number of hydrogen-bond acceptors (Lipinski definition) is 4. The van der Waals surface area contributed by atoms with Gasteiger partial charge in [0.15, 0.2) is 0 Å². The maximum absolute atomic E-state index is 12.8. The molecule has 1 aliphatic heterocycles. The molecule has 0 aliphatic carbocycles. The predicted octanol–water partition coefficient (Wildman–Crippen LogP) is 4.44. The maximum atomic E-state index is 12.8.